The number of benzene rings is 2. The molecule has 1 aromatic heterocycles. The lowest BCUT2D eigenvalue weighted by Gasteiger charge is -2.16. The Morgan fingerprint density at radius 1 is 1.07 bits per heavy atom. The van der Waals surface area contributed by atoms with Crippen LogP contribution in [0, 0.1) is 13.8 Å². The molecule has 3 aromatic rings. The van der Waals surface area contributed by atoms with Gasteiger partial charge in [-0.25, -0.2) is 0 Å². The maximum Gasteiger partial charge on any atom is 0.255 e. The normalized spacial score (nSPS) is 13.9. The predicted molar refractivity (Wildman–Crippen MR) is 106 cm³/mol. The SMILES string of the molecule is Cc1noc(C)c1COc1ccc(C(=O)Nc2ccc3c(c2)OC(C)(C)O3)cc1. The standard InChI is InChI=1S/C22H22N2O5/c1-13-18(14(2)29-24-13)12-26-17-8-5-15(6-9-17)21(25)23-16-7-10-19-20(11-16)28-22(3,4)27-19/h5-11H,12H2,1-4H3,(H,23,25). The summed E-state index contributed by atoms with van der Waals surface area (Å²) in [6, 6.07) is 12.3. The van der Waals surface area contributed by atoms with Gasteiger partial charge in [-0.3, -0.25) is 4.79 Å². The molecule has 1 aliphatic rings. The van der Waals surface area contributed by atoms with E-state index in [-0.39, 0.29) is 5.91 Å². The van der Waals surface area contributed by atoms with Crippen LogP contribution in [0.1, 0.15) is 41.2 Å². The number of fused-ring (bicyclic) bond motifs is 1. The van der Waals surface area contributed by atoms with Crippen molar-refractivity contribution in [3.05, 3.63) is 65.0 Å². The zero-order valence-corrected chi connectivity index (χ0v) is 16.7. The number of ether oxygens (including phenoxy) is 3. The number of nitrogens with zero attached hydrogens (tertiary/aromatic N) is 1. The molecule has 7 heteroatoms. The van der Waals surface area contributed by atoms with Crippen LogP contribution >= 0.6 is 0 Å². The number of hydrogen-bond donors (Lipinski definition) is 1. The first-order valence-corrected chi connectivity index (χ1v) is 9.29. The summed E-state index contributed by atoms with van der Waals surface area (Å²) >= 11 is 0. The molecule has 0 atom stereocenters. The van der Waals surface area contributed by atoms with Gasteiger partial charge in [0.15, 0.2) is 11.5 Å². The molecule has 2 aromatic carbocycles. The van der Waals surface area contributed by atoms with Crippen molar-refractivity contribution in [1.82, 2.24) is 5.16 Å². The molecule has 0 bridgehead atoms. The number of anilines is 1. The average molecular weight is 394 g/mol. The smallest absolute Gasteiger partial charge is 0.255 e. The van der Waals surface area contributed by atoms with Crippen LogP contribution in [0.15, 0.2) is 47.0 Å². The molecule has 1 aliphatic heterocycles. The molecule has 150 valence electrons. The summed E-state index contributed by atoms with van der Waals surface area (Å²) in [5.41, 5.74) is 2.89. The molecule has 1 N–H and O–H groups in total. The van der Waals surface area contributed by atoms with Gasteiger partial charge in [0.05, 0.1) is 11.3 Å². The summed E-state index contributed by atoms with van der Waals surface area (Å²) in [5.74, 6) is 1.74. The first kappa shape index (κ1) is 18.9. The van der Waals surface area contributed by atoms with Crippen LogP contribution in [-0.4, -0.2) is 16.9 Å². The van der Waals surface area contributed by atoms with Gasteiger partial charge in [-0.15, -0.1) is 0 Å². The van der Waals surface area contributed by atoms with Crippen LogP contribution < -0.4 is 19.5 Å². The van der Waals surface area contributed by atoms with Crippen molar-refractivity contribution >= 4 is 11.6 Å². The van der Waals surface area contributed by atoms with Crippen LogP contribution in [0.4, 0.5) is 5.69 Å². The van der Waals surface area contributed by atoms with Gasteiger partial charge in [0, 0.05) is 31.2 Å². The van der Waals surface area contributed by atoms with Gasteiger partial charge in [-0.1, -0.05) is 5.16 Å². The minimum absolute atomic E-state index is 0.222. The molecule has 0 unspecified atom stereocenters. The largest absolute Gasteiger partial charge is 0.489 e. The van der Waals surface area contributed by atoms with E-state index in [1.54, 1.807) is 42.5 Å². The van der Waals surface area contributed by atoms with E-state index in [2.05, 4.69) is 10.5 Å². The number of hydrogen-bond acceptors (Lipinski definition) is 6. The summed E-state index contributed by atoms with van der Waals surface area (Å²) < 4.78 is 22.3. The number of nitrogens with one attached hydrogen (secondary N) is 1. The fourth-order valence-corrected chi connectivity index (χ4v) is 3.07. The molecular weight excluding hydrogens is 372 g/mol. The Morgan fingerprint density at radius 2 is 1.79 bits per heavy atom. The van der Waals surface area contributed by atoms with Gasteiger partial charge in [-0.2, -0.15) is 0 Å². The van der Waals surface area contributed by atoms with Crippen molar-refractivity contribution < 1.29 is 23.5 Å². The third-order valence-corrected chi connectivity index (χ3v) is 4.59. The molecule has 0 saturated heterocycles. The van der Waals surface area contributed by atoms with Gasteiger partial charge < -0.3 is 24.1 Å². The minimum Gasteiger partial charge on any atom is -0.489 e. The maximum absolute atomic E-state index is 12.5. The van der Waals surface area contributed by atoms with Crippen LogP contribution in [0.25, 0.3) is 0 Å². The van der Waals surface area contributed by atoms with E-state index in [4.69, 9.17) is 18.7 Å². The first-order chi connectivity index (χ1) is 13.8. The lowest BCUT2D eigenvalue weighted by atomic mass is 10.2. The number of aryl methyl sites for hydroxylation is 2. The van der Waals surface area contributed by atoms with Gasteiger partial charge in [0.2, 0.25) is 5.79 Å². The molecule has 0 aliphatic carbocycles. The molecule has 2 heterocycles. The molecule has 29 heavy (non-hydrogen) atoms. The summed E-state index contributed by atoms with van der Waals surface area (Å²) in [6.45, 7) is 7.75. The van der Waals surface area contributed by atoms with Crippen LogP contribution in [0.5, 0.6) is 17.2 Å². The third kappa shape index (κ3) is 4.03. The quantitative estimate of drug-likeness (QED) is 0.679. The Kier molecular flexibility index (Phi) is 4.66. The third-order valence-electron chi connectivity index (χ3n) is 4.59. The highest BCUT2D eigenvalue weighted by Gasteiger charge is 2.31. The molecular formula is C22H22N2O5. The fourth-order valence-electron chi connectivity index (χ4n) is 3.07. The van der Waals surface area contributed by atoms with E-state index in [0.717, 1.165) is 17.0 Å². The topological polar surface area (TPSA) is 82.8 Å². The van der Waals surface area contributed by atoms with Crippen molar-refractivity contribution in [2.24, 2.45) is 0 Å². The molecule has 0 saturated carbocycles. The van der Waals surface area contributed by atoms with E-state index < -0.39 is 5.79 Å². The molecule has 0 radical (unpaired) electrons. The lowest BCUT2D eigenvalue weighted by Crippen LogP contribution is -2.29. The second-order valence-electron chi connectivity index (χ2n) is 7.34. The fraction of sp³-hybridized carbons (Fsp3) is 0.273. The second kappa shape index (κ2) is 7.16. The second-order valence-corrected chi connectivity index (χ2v) is 7.34. The zero-order valence-electron chi connectivity index (χ0n) is 16.7. The van der Waals surface area contributed by atoms with Crippen molar-refractivity contribution in [2.45, 2.75) is 40.1 Å². The van der Waals surface area contributed by atoms with E-state index >= 15 is 0 Å². The van der Waals surface area contributed by atoms with E-state index in [9.17, 15) is 4.79 Å². The molecule has 1 amide bonds. The minimum atomic E-state index is -0.704. The summed E-state index contributed by atoms with van der Waals surface area (Å²) in [7, 11) is 0. The Hall–Kier alpha value is -3.48. The highest BCUT2D eigenvalue weighted by molar-refractivity contribution is 6.04. The van der Waals surface area contributed by atoms with E-state index in [0.29, 0.717) is 35.1 Å². The van der Waals surface area contributed by atoms with Crippen LogP contribution in [0.2, 0.25) is 0 Å². The van der Waals surface area contributed by atoms with Gasteiger partial charge in [0.25, 0.3) is 5.91 Å². The summed E-state index contributed by atoms with van der Waals surface area (Å²) in [4.78, 5) is 12.5. The molecule has 4 rings (SSSR count). The highest BCUT2D eigenvalue weighted by atomic mass is 16.7. The van der Waals surface area contributed by atoms with Gasteiger partial charge in [-0.05, 0) is 50.2 Å². The van der Waals surface area contributed by atoms with Crippen molar-refractivity contribution in [3.63, 3.8) is 0 Å². The lowest BCUT2D eigenvalue weighted by molar-refractivity contribution is -0.0431. The van der Waals surface area contributed by atoms with Crippen LogP contribution in [0.3, 0.4) is 0 Å². The predicted octanol–water partition coefficient (Wildman–Crippen LogP) is 4.63. The van der Waals surface area contributed by atoms with Crippen molar-refractivity contribution in [1.29, 1.82) is 0 Å². The molecule has 0 fully saturated rings. The number of aromatic nitrogens is 1. The van der Waals surface area contributed by atoms with Crippen molar-refractivity contribution in [2.75, 3.05) is 5.32 Å². The maximum atomic E-state index is 12.5. The monoisotopic (exact) mass is 394 g/mol. The Labute approximate surface area is 168 Å². The van der Waals surface area contributed by atoms with Gasteiger partial charge in [0.1, 0.15) is 18.1 Å². The Bertz CT molecular complexity index is 1030. The zero-order chi connectivity index (χ0) is 20.6. The Balaban J connectivity index is 1.39. The Morgan fingerprint density at radius 3 is 2.48 bits per heavy atom. The van der Waals surface area contributed by atoms with Gasteiger partial charge >= 0.3 is 0 Å². The number of amides is 1. The average Bonchev–Trinajstić information content (AvgIpc) is 3.16. The number of carbonyl (C=O) groups is 1. The first-order valence-electron chi connectivity index (χ1n) is 9.29. The molecule has 0 spiro atoms. The van der Waals surface area contributed by atoms with E-state index in [1.807, 2.05) is 27.7 Å². The van der Waals surface area contributed by atoms with Crippen LogP contribution in [-0.2, 0) is 6.61 Å². The number of carbonyl (C=O) groups excluding carboxylic acids is 1. The van der Waals surface area contributed by atoms with E-state index in [1.165, 1.54) is 0 Å². The number of rotatable bonds is 5. The van der Waals surface area contributed by atoms with Crippen molar-refractivity contribution in [3.8, 4) is 17.2 Å². The molecule has 7 nitrogen and oxygen atoms in total. The highest BCUT2D eigenvalue weighted by Crippen LogP contribution is 2.40. The summed E-state index contributed by atoms with van der Waals surface area (Å²) in [6.07, 6.45) is 0. The summed E-state index contributed by atoms with van der Waals surface area (Å²) in [5, 5.41) is 6.78.